The Kier molecular flexibility index (Phi) is 6.03. The van der Waals surface area contributed by atoms with Gasteiger partial charge in [-0.1, -0.05) is 9.05 Å². The van der Waals surface area contributed by atoms with E-state index < -0.39 is 54.5 Å². The predicted octanol–water partition coefficient (Wildman–Crippen LogP) is 5.16. The number of benzene rings is 1. The van der Waals surface area contributed by atoms with Crippen LogP contribution in [0.15, 0.2) is 18.2 Å². The fraction of sp³-hybridized carbons (Fsp3) is 0.400. The van der Waals surface area contributed by atoms with Crippen LogP contribution in [0.4, 0.5) is 53.0 Å². The van der Waals surface area contributed by atoms with Crippen LogP contribution in [0.1, 0.15) is 11.1 Å². The average molecular weight is 410 g/mol. The molecule has 148 valence electrons. The smallest absolute Gasteiger partial charge is 0.508 e. The Morgan fingerprint density at radius 1 is 0.692 bits per heavy atom. The molecule has 1 aromatic rings. The summed E-state index contributed by atoms with van der Waals surface area (Å²) >= 11 is 0. The van der Waals surface area contributed by atoms with Gasteiger partial charge in [0.25, 0.3) is 0 Å². The third kappa shape index (κ3) is 4.11. The van der Waals surface area contributed by atoms with Crippen molar-refractivity contribution in [3.05, 3.63) is 29.3 Å². The van der Waals surface area contributed by atoms with Gasteiger partial charge in [0.2, 0.25) is 0 Å². The Morgan fingerprint density at radius 3 is 1.54 bits per heavy atom. The van der Waals surface area contributed by atoms with Crippen molar-refractivity contribution in [2.45, 2.75) is 24.2 Å². The molecule has 0 spiro atoms. The molecule has 1 aromatic carbocycles. The van der Waals surface area contributed by atoms with Crippen molar-refractivity contribution in [3.8, 4) is 5.75 Å². The summed E-state index contributed by atoms with van der Waals surface area (Å²) < 4.78 is 155. The Bertz CT molecular complexity index is 625. The van der Waals surface area contributed by atoms with Gasteiger partial charge in [0, 0.05) is 5.56 Å². The molecule has 0 aromatic heterocycles. The molecular formula is C10H3BF12O3. The van der Waals surface area contributed by atoms with E-state index in [0.717, 1.165) is 0 Å². The maximum Gasteiger partial charge on any atom is 0.778 e. The van der Waals surface area contributed by atoms with Crippen LogP contribution in [-0.2, 0) is 21.6 Å². The summed E-state index contributed by atoms with van der Waals surface area (Å²) in [6.07, 6.45) is -12.8. The topological polar surface area (TPSA) is 27.7 Å². The molecule has 0 radical (unpaired) electrons. The van der Waals surface area contributed by atoms with Gasteiger partial charge >= 0.3 is 31.5 Å². The molecule has 0 N–H and O–H groups in total. The van der Waals surface area contributed by atoms with E-state index >= 15 is 0 Å². The van der Waals surface area contributed by atoms with Crippen molar-refractivity contribution in [2.24, 2.45) is 0 Å². The first-order valence-corrected chi connectivity index (χ1v) is 5.85. The molecule has 26 heavy (non-hydrogen) atoms. The molecule has 0 unspecified atom stereocenters. The van der Waals surface area contributed by atoms with Gasteiger partial charge in [-0.05, 0) is 18.2 Å². The normalized spacial score (nSPS) is 13.7. The second kappa shape index (κ2) is 7.05. The lowest BCUT2D eigenvalue weighted by atomic mass is 9.99. The Hall–Kier alpha value is -1.84. The molecule has 0 aliphatic rings. The van der Waals surface area contributed by atoms with Crippen molar-refractivity contribution in [2.75, 3.05) is 0 Å². The number of alkyl halides is 10. The minimum absolute atomic E-state index is 0.227. The highest BCUT2D eigenvalue weighted by Crippen LogP contribution is 2.50. The molecule has 0 aliphatic carbocycles. The third-order valence-electron chi connectivity index (χ3n) is 2.76. The maximum absolute atomic E-state index is 13.4. The van der Waals surface area contributed by atoms with E-state index in [1.165, 1.54) is 0 Å². The van der Waals surface area contributed by atoms with E-state index in [-0.39, 0.29) is 12.1 Å². The SMILES string of the molecule is FOB(OF)Oc1ccc(C(F)(F)C(F)(F)F)cc1C(F)(F)C(F)(F)F. The first-order chi connectivity index (χ1) is 11.6. The second-order valence-corrected chi connectivity index (χ2v) is 4.44. The molecule has 0 saturated carbocycles. The second-order valence-electron chi connectivity index (χ2n) is 4.44. The predicted molar refractivity (Wildman–Crippen MR) is 57.1 cm³/mol. The summed E-state index contributed by atoms with van der Waals surface area (Å²) in [7, 11) is -3.16. The standard InChI is InChI=1S/C10H3BF12O3/c12-7(13,9(16,17)18)4-1-2-6(24-11(25-22)26-23)5(3-4)8(14,15)10(19,20)21/h1-3H. The van der Waals surface area contributed by atoms with Gasteiger partial charge in [0.15, 0.2) is 0 Å². The van der Waals surface area contributed by atoms with Gasteiger partial charge in [-0.2, -0.15) is 53.6 Å². The summed E-state index contributed by atoms with van der Waals surface area (Å²) in [5.41, 5.74) is -4.90. The van der Waals surface area contributed by atoms with Gasteiger partial charge < -0.3 is 4.65 Å². The summed E-state index contributed by atoms with van der Waals surface area (Å²) in [6, 6.07) is -1.34. The zero-order chi connectivity index (χ0) is 20.6. The van der Waals surface area contributed by atoms with Crippen molar-refractivity contribution in [3.63, 3.8) is 0 Å². The van der Waals surface area contributed by atoms with E-state index in [1.54, 1.807) is 0 Å². The number of halogens is 12. The largest absolute Gasteiger partial charge is 0.778 e. The molecule has 0 atom stereocenters. The lowest BCUT2D eigenvalue weighted by Crippen LogP contribution is -2.37. The highest BCUT2D eigenvalue weighted by atomic mass is 19.4. The highest BCUT2D eigenvalue weighted by Gasteiger charge is 2.62. The zero-order valence-corrected chi connectivity index (χ0v) is 11.6. The lowest BCUT2D eigenvalue weighted by molar-refractivity contribution is -0.292. The molecule has 16 heteroatoms. The Balaban J connectivity index is 3.60. The number of hydrogen-bond acceptors (Lipinski definition) is 3. The monoisotopic (exact) mass is 410 g/mol. The Labute approximate surface area is 135 Å². The maximum atomic E-state index is 13.4. The van der Waals surface area contributed by atoms with Crippen LogP contribution in [0.3, 0.4) is 0 Å². The van der Waals surface area contributed by atoms with Crippen LogP contribution >= 0.6 is 0 Å². The van der Waals surface area contributed by atoms with Crippen LogP contribution in [0.5, 0.6) is 5.75 Å². The molecule has 0 amide bonds. The quantitative estimate of drug-likeness (QED) is 0.479. The molecule has 0 fully saturated rings. The molecule has 0 heterocycles. The third-order valence-corrected chi connectivity index (χ3v) is 2.76. The van der Waals surface area contributed by atoms with Crippen molar-refractivity contribution in [1.82, 2.24) is 0 Å². The zero-order valence-electron chi connectivity index (χ0n) is 11.6. The van der Waals surface area contributed by atoms with Gasteiger partial charge in [0.1, 0.15) is 5.75 Å². The van der Waals surface area contributed by atoms with Crippen LogP contribution in [-0.4, -0.2) is 19.7 Å². The first kappa shape index (κ1) is 22.2. The van der Waals surface area contributed by atoms with Crippen LogP contribution in [0.25, 0.3) is 0 Å². The van der Waals surface area contributed by atoms with Crippen LogP contribution in [0.2, 0.25) is 0 Å². The van der Waals surface area contributed by atoms with Gasteiger partial charge in [-0.15, -0.1) is 0 Å². The van der Waals surface area contributed by atoms with E-state index in [9.17, 15) is 53.0 Å². The minimum atomic E-state index is -6.49. The number of hydrogen-bond donors (Lipinski definition) is 0. The summed E-state index contributed by atoms with van der Waals surface area (Å²) in [5, 5.41) is 0. The highest BCUT2D eigenvalue weighted by molar-refractivity contribution is 6.36. The number of rotatable bonds is 6. The fourth-order valence-corrected chi connectivity index (χ4v) is 1.54. The molecule has 1 rings (SSSR count). The molecule has 3 nitrogen and oxygen atoms in total. The average Bonchev–Trinajstić information content (AvgIpc) is 2.50. The van der Waals surface area contributed by atoms with E-state index in [1.807, 2.05) is 0 Å². The van der Waals surface area contributed by atoms with E-state index in [2.05, 4.69) is 14.4 Å². The van der Waals surface area contributed by atoms with Gasteiger partial charge in [-0.3, -0.25) is 0 Å². The fourth-order valence-electron chi connectivity index (χ4n) is 1.54. The first-order valence-electron chi connectivity index (χ1n) is 5.85. The minimum Gasteiger partial charge on any atom is -0.508 e. The molecule has 0 saturated heterocycles. The summed E-state index contributed by atoms with van der Waals surface area (Å²) in [6.45, 7) is 0. The van der Waals surface area contributed by atoms with E-state index in [4.69, 9.17) is 0 Å². The molecule has 0 aliphatic heterocycles. The van der Waals surface area contributed by atoms with Crippen molar-refractivity contribution in [1.29, 1.82) is 0 Å². The summed E-state index contributed by atoms with van der Waals surface area (Å²) in [4.78, 5) is 5.07. The Morgan fingerprint density at radius 2 is 1.15 bits per heavy atom. The molecular weight excluding hydrogens is 407 g/mol. The van der Waals surface area contributed by atoms with E-state index in [0.29, 0.717) is 0 Å². The molecule has 0 bridgehead atoms. The van der Waals surface area contributed by atoms with Crippen LogP contribution in [0, 0.1) is 0 Å². The van der Waals surface area contributed by atoms with Gasteiger partial charge in [-0.25, -0.2) is 0 Å². The van der Waals surface area contributed by atoms with Crippen molar-refractivity contribution < 1.29 is 67.3 Å². The lowest BCUT2D eigenvalue weighted by Gasteiger charge is -2.25. The van der Waals surface area contributed by atoms with Crippen molar-refractivity contribution >= 4 is 7.32 Å². The van der Waals surface area contributed by atoms with Gasteiger partial charge in [0.05, 0.1) is 5.56 Å². The summed E-state index contributed by atoms with van der Waals surface area (Å²) in [5.74, 6) is -13.7. The van der Waals surface area contributed by atoms with Crippen LogP contribution < -0.4 is 4.65 Å².